The summed E-state index contributed by atoms with van der Waals surface area (Å²) in [5.41, 5.74) is 6.88. The minimum Gasteiger partial charge on any atom is -0.379 e. The van der Waals surface area contributed by atoms with Crippen molar-refractivity contribution in [2.45, 2.75) is 18.6 Å². The van der Waals surface area contributed by atoms with Gasteiger partial charge in [0.15, 0.2) is 5.17 Å². The Bertz CT molecular complexity index is 949. The quantitative estimate of drug-likeness (QED) is 0.820. The summed E-state index contributed by atoms with van der Waals surface area (Å²) in [6.45, 7) is 2.56. The van der Waals surface area contributed by atoms with Crippen molar-refractivity contribution in [3.63, 3.8) is 0 Å². The minimum absolute atomic E-state index is 0.109. The molecule has 1 saturated heterocycles. The number of nitriles is 1. The van der Waals surface area contributed by atoms with Crippen LogP contribution in [0.15, 0.2) is 34.8 Å². The van der Waals surface area contributed by atoms with E-state index in [0.29, 0.717) is 23.0 Å². The van der Waals surface area contributed by atoms with Gasteiger partial charge < -0.3 is 15.8 Å². The van der Waals surface area contributed by atoms with Crippen LogP contribution in [0.2, 0.25) is 0 Å². The number of aliphatic imine (C=N–C) groups is 1. The Morgan fingerprint density at radius 1 is 1.52 bits per heavy atom. The van der Waals surface area contributed by atoms with E-state index in [1.807, 2.05) is 17.5 Å². The van der Waals surface area contributed by atoms with E-state index in [0.717, 1.165) is 10.6 Å². The van der Waals surface area contributed by atoms with Crippen LogP contribution in [0.1, 0.15) is 27.9 Å². The molecule has 138 valence electrons. The molecular formula is C18H17N5O2S2. The van der Waals surface area contributed by atoms with Crippen LogP contribution in [0.25, 0.3) is 0 Å². The smallest absolute Gasteiger partial charge is 0.274 e. The molecule has 4 rings (SSSR count). The molecular weight excluding hydrogens is 382 g/mol. The number of amidine groups is 1. The molecule has 9 heteroatoms. The Morgan fingerprint density at radius 2 is 2.37 bits per heavy atom. The average molecular weight is 400 g/mol. The highest BCUT2D eigenvalue weighted by atomic mass is 32.2. The summed E-state index contributed by atoms with van der Waals surface area (Å²) in [6.07, 6.45) is 1.49. The van der Waals surface area contributed by atoms with Gasteiger partial charge in [0, 0.05) is 28.1 Å². The van der Waals surface area contributed by atoms with Gasteiger partial charge in [-0.05, 0) is 25.1 Å². The molecule has 27 heavy (non-hydrogen) atoms. The van der Waals surface area contributed by atoms with Gasteiger partial charge in [-0.25, -0.2) is 9.98 Å². The van der Waals surface area contributed by atoms with Gasteiger partial charge in [-0.3, -0.25) is 4.79 Å². The van der Waals surface area contributed by atoms with Crippen molar-refractivity contribution >= 4 is 39.9 Å². The number of hydrogen-bond acceptors (Lipinski definition) is 8. The first-order valence-corrected chi connectivity index (χ1v) is 10.2. The number of thiophene rings is 1. The van der Waals surface area contributed by atoms with Crippen molar-refractivity contribution in [1.29, 1.82) is 5.26 Å². The molecule has 0 aromatic carbocycles. The Hall–Kier alpha value is -2.41. The molecule has 3 atom stereocenters. The van der Waals surface area contributed by atoms with Gasteiger partial charge in [-0.1, -0.05) is 11.8 Å². The Kier molecular flexibility index (Phi) is 4.63. The van der Waals surface area contributed by atoms with E-state index >= 15 is 0 Å². The van der Waals surface area contributed by atoms with Gasteiger partial charge in [0.1, 0.15) is 17.3 Å². The summed E-state index contributed by atoms with van der Waals surface area (Å²) in [5, 5.41) is 14.1. The van der Waals surface area contributed by atoms with Crippen LogP contribution < -0.4 is 11.1 Å². The summed E-state index contributed by atoms with van der Waals surface area (Å²) in [4.78, 5) is 22.2. The third-order valence-corrected chi connectivity index (χ3v) is 6.89. The fraction of sp³-hybridized carbons (Fsp3) is 0.333. The second kappa shape index (κ2) is 6.96. The predicted molar refractivity (Wildman–Crippen MR) is 106 cm³/mol. The summed E-state index contributed by atoms with van der Waals surface area (Å²) in [7, 11) is 0. The number of hydrogen-bond donors (Lipinski definition) is 2. The second-order valence-corrected chi connectivity index (χ2v) is 8.46. The van der Waals surface area contributed by atoms with E-state index in [-0.39, 0.29) is 23.6 Å². The zero-order valence-corrected chi connectivity index (χ0v) is 16.1. The third kappa shape index (κ3) is 3.20. The highest BCUT2D eigenvalue weighted by Gasteiger charge is 2.52. The lowest BCUT2D eigenvalue weighted by Crippen LogP contribution is -2.40. The monoisotopic (exact) mass is 399 g/mol. The molecule has 2 aliphatic rings. The van der Waals surface area contributed by atoms with Crippen LogP contribution in [0.3, 0.4) is 0 Å². The first kappa shape index (κ1) is 18.0. The number of ether oxygens (including phenoxy) is 1. The van der Waals surface area contributed by atoms with E-state index in [1.165, 1.54) is 12.3 Å². The first-order chi connectivity index (χ1) is 13.0. The maximum atomic E-state index is 12.4. The Labute approximate surface area is 164 Å². The van der Waals surface area contributed by atoms with Gasteiger partial charge in [-0.2, -0.15) is 5.26 Å². The highest BCUT2D eigenvalue weighted by molar-refractivity contribution is 8.13. The molecule has 0 spiro atoms. The summed E-state index contributed by atoms with van der Waals surface area (Å²) in [5.74, 6) is 0.791. The lowest BCUT2D eigenvalue weighted by Gasteiger charge is -2.33. The lowest BCUT2D eigenvalue weighted by atomic mass is 9.84. The molecule has 0 saturated carbocycles. The molecule has 2 aromatic rings. The molecule has 1 amide bonds. The number of nitrogens with one attached hydrogen (secondary N) is 1. The normalized spacial score (nSPS) is 26.7. The number of aromatic nitrogens is 1. The summed E-state index contributed by atoms with van der Waals surface area (Å²) in [6, 6.07) is 7.02. The first-order valence-electron chi connectivity index (χ1n) is 8.38. The summed E-state index contributed by atoms with van der Waals surface area (Å²) < 4.78 is 5.89. The maximum absolute atomic E-state index is 12.4. The van der Waals surface area contributed by atoms with E-state index in [1.54, 1.807) is 29.2 Å². The maximum Gasteiger partial charge on any atom is 0.274 e. The van der Waals surface area contributed by atoms with E-state index in [4.69, 9.17) is 20.7 Å². The number of anilines is 1. The number of nitrogens with two attached hydrogens (primary N) is 1. The average Bonchev–Trinajstić information content (AvgIpc) is 3.27. The SMILES string of the molecule is C[C@H]1OC[C@]2(c3cc(NC(=O)c4ccc(C#N)cn4)cs3)N=C(N)SC[C@H]12. The minimum atomic E-state index is -0.477. The zero-order chi connectivity index (χ0) is 19.0. The highest BCUT2D eigenvalue weighted by Crippen LogP contribution is 2.49. The van der Waals surface area contributed by atoms with Crippen LogP contribution in [-0.2, 0) is 10.3 Å². The predicted octanol–water partition coefficient (Wildman–Crippen LogP) is 2.56. The largest absolute Gasteiger partial charge is 0.379 e. The van der Waals surface area contributed by atoms with Gasteiger partial charge in [0.2, 0.25) is 0 Å². The molecule has 1 fully saturated rings. The molecule has 0 radical (unpaired) electrons. The van der Waals surface area contributed by atoms with Crippen LogP contribution in [0.4, 0.5) is 5.69 Å². The molecule has 0 bridgehead atoms. The standard InChI is InChI=1S/C18H17N5O2S2/c1-10-13-8-27-17(20)23-18(13,9-25-10)15-4-12(7-26-15)22-16(24)14-3-2-11(5-19)6-21-14/h2-4,6-7,10,13H,8-9H2,1H3,(H2,20,23)(H,22,24)/t10-,13-,18+/m1/s1. The molecule has 3 N–H and O–H groups in total. The van der Waals surface area contributed by atoms with Crippen LogP contribution >= 0.6 is 23.1 Å². The van der Waals surface area contributed by atoms with Gasteiger partial charge in [0.05, 0.1) is 24.0 Å². The number of nitrogens with zero attached hydrogens (tertiary/aromatic N) is 3. The van der Waals surface area contributed by atoms with Gasteiger partial charge in [-0.15, -0.1) is 11.3 Å². The zero-order valence-electron chi connectivity index (χ0n) is 14.5. The van der Waals surface area contributed by atoms with Crippen molar-refractivity contribution in [3.05, 3.63) is 45.9 Å². The molecule has 2 aliphatic heterocycles. The fourth-order valence-corrected chi connectivity index (χ4v) is 5.55. The van der Waals surface area contributed by atoms with E-state index in [9.17, 15) is 4.79 Å². The fourth-order valence-electron chi connectivity index (χ4n) is 3.39. The van der Waals surface area contributed by atoms with E-state index < -0.39 is 5.54 Å². The number of thioether (sulfide) groups is 1. The van der Waals surface area contributed by atoms with Crippen molar-refractivity contribution in [2.75, 3.05) is 17.7 Å². The second-order valence-electron chi connectivity index (χ2n) is 6.51. The number of carbonyl (C=O) groups excluding carboxylic acids is 1. The third-order valence-electron chi connectivity index (χ3n) is 4.88. The van der Waals surface area contributed by atoms with Crippen molar-refractivity contribution in [1.82, 2.24) is 4.98 Å². The van der Waals surface area contributed by atoms with Gasteiger partial charge in [0.25, 0.3) is 5.91 Å². The lowest BCUT2D eigenvalue weighted by molar-refractivity contribution is 0.102. The van der Waals surface area contributed by atoms with Gasteiger partial charge >= 0.3 is 0 Å². The number of carbonyl (C=O) groups is 1. The van der Waals surface area contributed by atoms with Crippen LogP contribution in [0.5, 0.6) is 0 Å². The van der Waals surface area contributed by atoms with E-state index in [2.05, 4.69) is 17.2 Å². The molecule has 0 unspecified atom stereocenters. The molecule has 4 heterocycles. The van der Waals surface area contributed by atoms with Crippen molar-refractivity contribution < 1.29 is 9.53 Å². The Morgan fingerprint density at radius 3 is 3.11 bits per heavy atom. The molecule has 0 aliphatic carbocycles. The number of rotatable bonds is 3. The van der Waals surface area contributed by atoms with Crippen molar-refractivity contribution in [3.8, 4) is 6.07 Å². The number of amides is 1. The van der Waals surface area contributed by atoms with Crippen molar-refractivity contribution in [2.24, 2.45) is 16.6 Å². The number of pyridine rings is 1. The van der Waals surface area contributed by atoms with Crippen LogP contribution in [0, 0.1) is 17.2 Å². The van der Waals surface area contributed by atoms with Crippen LogP contribution in [-0.4, -0.2) is 34.5 Å². The summed E-state index contributed by atoms with van der Waals surface area (Å²) >= 11 is 3.10. The molecule has 2 aromatic heterocycles. The molecule has 7 nitrogen and oxygen atoms in total. The number of fused-ring (bicyclic) bond motifs is 1. The Balaban J connectivity index is 1.57. The topological polar surface area (TPSA) is 113 Å².